The zero-order valence-electron chi connectivity index (χ0n) is 13.7. The second-order valence-corrected chi connectivity index (χ2v) is 7.50. The van der Waals surface area contributed by atoms with Crippen LogP contribution in [-0.4, -0.2) is 29.8 Å². The van der Waals surface area contributed by atoms with Crippen LogP contribution in [0.25, 0.3) is 0 Å². The molecule has 1 N–H and O–H groups in total. The van der Waals surface area contributed by atoms with Gasteiger partial charge in [0.25, 0.3) is 0 Å². The Labute approximate surface area is 161 Å². The van der Waals surface area contributed by atoms with E-state index in [1.165, 1.54) is 0 Å². The van der Waals surface area contributed by atoms with Crippen molar-refractivity contribution < 1.29 is 9.53 Å². The van der Waals surface area contributed by atoms with E-state index in [0.29, 0.717) is 23.2 Å². The minimum absolute atomic E-state index is 0.118. The number of thioether (sulfide) groups is 1. The molecule has 1 heterocycles. The number of hydrogen-bond donors (Lipinski definition) is 1. The molecule has 1 atom stereocenters. The van der Waals surface area contributed by atoms with E-state index in [0.717, 1.165) is 22.8 Å². The Hall–Kier alpha value is -1.56. The maximum Gasteiger partial charge on any atom is 0.323 e. The molecular formula is C18H18Cl2N2O2S. The van der Waals surface area contributed by atoms with Crippen LogP contribution in [0.15, 0.2) is 42.5 Å². The van der Waals surface area contributed by atoms with E-state index < -0.39 is 0 Å². The van der Waals surface area contributed by atoms with Crippen molar-refractivity contribution in [2.24, 2.45) is 0 Å². The number of rotatable bonds is 4. The van der Waals surface area contributed by atoms with E-state index in [2.05, 4.69) is 5.32 Å². The summed E-state index contributed by atoms with van der Waals surface area (Å²) in [5.41, 5.74) is 1.63. The van der Waals surface area contributed by atoms with Crippen molar-refractivity contribution >= 4 is 46.7 Å². The fraction of sp³-hybridized carbons (Fsp3) is 0.278. The summed E-state index contributed by atoms with van der Waals surface area (Å²) < 4.78 is 5.41. The van der Waals surface area contributed by atoms with Crippen LogP contribution in [0.1, 0.15) is 17.9 Å². The van der Waals surface area contributed by atoms with Crippen molar-refractivity contribution in [3.8, 4) is 5.75 Å². The Morgan fingerprint density at radius 1 is 1.28 bits per heavy atom. The highest BCUT2D eigenvalue weighted by atomic mass is 35.5. The Bertz CT molecular complexity index is 755. The number of carbonyl (C=O) groups is 1. The second kappa shape index (κ2) is 8.21. The molecule has 1 fully saturated rings. The van der Waals surface area contributed by atoms with Crippen molar-refractivity contribution in [3.05, 3.63) is 58.1 Å². The number of benzene rings is 2. The predicted octanol–water partition coefficient (Wildman–Crippen LogP) is 5.67. The Kier molecular flexibility index (Phi) is 5.99. The van der Waals surface area contributed by atoms with Gasteiger partial charge in [-0.25, -0.2) is 4.79 Å². The number of hydrogen-bond acceptors (Lipinski definition) is 3. The number of urea groups is 1. The molecule has 3 rings (SSSR count). The molecule has 2 aromatic rings. The van der Waals surface area contributed by atoms with Crippen molar-refractivity contribution in [1.29, 1.82) is 0 Å². The highest BCUT2D eigenvalue weighted by molar-refractivity contribution is 7.99. The van der Waals surface area contributed by atoms with Crippen molar-refractivity contribution in [2.45, 2.75) is 12.3 Å². The van der Waals surface area contributed by atoms with E-state index in [-0.39, 0.29) is 11.4 Å². The van der Waals surface area contributed by atoms with Gasteiger partial charge in [-0.2, -0.15) is 0 Å². The first-order valence-corrected chi connectivity index (χ1v) is 9.76. The first-order chi connectivity index (χ1) is 12.1. The summed E-state index contributed by atoms with van der Waals surface area (Å²) in [5, 5.41) is 3.97. The van der Waals surface area contributed by atoms with Gasteiger partial charge in [0, 0.05) is 33.6 Å². The number of halogens is 2. The molecule has 25 heavy (non-hydrogen) atoms. The smallest absolute Gasteiger partial charge is 0.323 e. The fourth-order valence-electron chi connectivity index (χ4n) is 2.63. The lowest BCUT2D eigenvalue weighted by Crippen LogP contribution is -2.34. The van der Waals surface area contributed by atoms with Crippen LogP contribution in [-0.2, 0) is 0 Å². The normalized spacial score (nSPS) is 16.8. The third-order valence-corrected chi connectivity index (χ3v) is 5.60. The van der Waals surface area contributed by atoms with Crippen molar-refractivity contribution in [3.63, 3.8) is 0 Å². The molecular weight excluding hydrogens is 379 g/mol. The molecule has 0 spiro atoms. The molecule has 0 unspecified atom stereocenters. The van der Waals surface area contributed by atoms with Crippen LogP contribution in [0, 0.1) is 0 Å². The summed E-state index contributed by atoms with van der Waals surface area (Å²) in [6, 6.07) is 12.6. The molecule has 132 valence electrons. The predicted molar refractivity (Wildman–Crippen MR) is 105 cm³/mol. The van der Waals surface area contributed by atoms with Crippen molar-refractivity contribution in [1.82, 2.24) is 4.90 Å². The zero-order valence-corrected chi connectivity index (χ0v) is 16.0. The van der Waals surface area contributed by atoms with Gasteiger partial charge in [-0.05, 0) is 43.3 Å². The van der Waals surface area contributed by atoms with Crippen molar-refractivity contribution in [2.75, 3.05) is 24.2 Å². The monoisotopic (exact) mass is 396 g/mol. The van der Waals surface area contributed by atoms with E-state index in [4.69, 9.17) is 27.9 Å². The van der Waals surface area contributed by atoms with Gasteiger partial charge in [0.05, 0.1) is 6.61 Å². The highest BCUT2D eigenvalue weighted by Crippen LogP contribution is 2.41. The maximum absolute atomic E-state index is 12.7. The van der Waals surface area contributed by atoms with E-state index in [1.54, 1.807) is 28.8 Å². The van der Waals surface area contributed by atoms with Gasteiger partial charge in [0.1, 0.15) is 11.1 Å². The topological polar surface area (TPSA) is 41.6 Å². The summed E-state index contributed by atoms with van der Waals surface area (Å²) in [6.45, 7) is 3.21. The maximum atomic E-state index is 12.7. The Balaban J connectivity index is 1.72. The molecule has 2 amide bonds. The summed E-state index contributed by atoms with van der Waals surface area (Å²) in [7, 11) is 0. The third kappa shape index (κ3) is 4.35. The van der Waals surface area contributed by atoms with Gasteiger partial charge in [-0.1, -0.05) is 29.3 Å². The lowest BCUT2D eigenvalue weighted by atomic mass is 10.2. The molecule has 1 saturated heterocycles. The minimum atomic E-state index is -0.148. The largest absolute Gasteiger partial charge is 0.494 e. The third-order valence-electron chi connectivity index (χ3n) is 3.80. The van der Waals surface area contributed by atoms with Gasteiger partial charge in [0.15, 0.2) is 0 Å². The van der Waals surface area contributed by atoms with Crippen LogP contribution in [0.3, 0.4) is 0 Å². The SMILES string of the molecule is CCOc1ccc(NC(=O)N2CCS[C@H]2c2ccc(Cl)cc2Cl)cc1. The van der Waals surface area contributed by atoms with Gasteiger partial charge < -0.3 is 15.0 Å². The van der Waals surface area contributed by atoms with E-state index >= 15 is 0 Å². The van der Waals surface area contributed by atoms with Gasteiger partial charge in [-0.3, -0.25) is 0 Å². The van der Waals surface area contributed by atoms with Crippen LogP contribution in [0.2, 0.25) is 10.0 Å². The summed E-state index contributed by atoms with van der Waals surface area (Å²) in [4.78, 5) is 14.5. The molecule has 0 bridgehead atoms. The van der Waals surface area contributed by atoms with Crippen LogP contribution < -0.4 is 10.1 Å². The Morgan fingerprint density at radius 2 is 2.04 bits per heavy atom. The minimum Gasteiger partial charge on any atom is -0.494 e. The van der Waals surface area contributed by atoms with Gasteiger partial charge in [-0.15, -0.1) is 11.8 Å². The number of amides is 2. The lowest BCUT2D eigenvalue weighted by molar-refractivity contribution is 0.214. The molecule has 2 aromatic carbocycles. The molecule has 7 heteroatoms. The summed E-state index contributed by atoms with van der Waals surface area (Å²) in [5.74, 6) is 1.64. The van der Waals surface area contributed by atoms with Crippen LogP contribution >= 0.6 is 35.0 Å². The zero-order chi connectivity index (χ0) is 17.8. The number of nitrogens with zero attached hydrogens (tertiary/aromatic N) is 1. The van der Waals surface area contributed by atoms with Gasteiger partial charge in [0.2, 0.25) is 0 Å². The highest BCUT2D eigenvalue weighted by Gasteiger charge is 2.32. The van der Waals surface area contributed by atoms with E-state index in [9.17, 15) is 4.79 Å². The molecule has 0 radical (unpaired) electrons. The number of nitrogens with one attached hydrogen (secondary N) is 1. The molecule has 0 saturated carbocycles. The summed E-state index contributed by atoms with van der Waals surface area (Å²) in [6.07, 6.45) is 0. The first-order valence-electron chi connectivity index (χ1n) is 7.95. The van der Waals surface area contributed by atoms with Gasteiger partial charge >= 0.3 is 6.03 Å². The molecule has 0 aliphatic carbocycles. The lowest BCUT2D eigenvalue weighted by Gasteiger charge is -2.25. The fourth-order valence-corrected chi connectivity index (χ4v) is 4.50. The number of carbonyl (C=O) groups excluding carboxylic acids is 1. The molecule has 1 aliphatic rings. The summed E-state index contributed by atoms with van der Waals surface area (Å²) >= 11 is 14.0. The molecule has 4 nitrogen and oxygen atoms in total. The standard InChI is InChI=1S/C18H18Cl2N2O2S/c1-2-24-14-6-4-13(5-7-14)21-18(23)22-9-10-25-17(22)15-8-3-12(19)11-16(15)20/h3-8,11,17H,2,9-10H2,1H3,(H,21,23)/t17-/m0/s1. The number of ether oxygens (including phenoxy) is 1. The number of anilines is 1. The molecule has 0 aromatic heterocycles. The second-order valence-electron chi connectivity index (χ2n) is 5.47. The van der Waals surface area contributed by atoms with Crippen LogP contribution in [0.5, 0.6) is 5.75 Å². The Morgan fingerprint density at radius 3 is 2.72 bits per heavy atom. The van der Waals surface area contributed by atoms with Crippen LogP contribution in [0.4, 0.5) is 10.5 Å². The average molecular weight is 397 g/mol. The van der Waals surface area contributed by atoms with E-state index in [1.807, 2.05) is 37.3 Å². The molecule has 1 aliphatic heterocycles. The average Bonchev–Trinajstić information content (AvgIpc) is 3.06. The quantitative estimate of drug-likeness (QED) is 0.723. The first kappa shape index (κ1) is 18.2.